The van der Waals surface area contributed by atoms with E-state index in [0.29, 0.717) is 0 Å². The summed E-state index contributed by atoms with van der Waals surface area (Å²) in [7, 11) is -10.5. The topological polar surface area (TPSA) is 158 Å². The SMILES string of the molecule is CC(=O)Nc1c(S(=O)(=O)O)c(S(=O)(=O)O)c(O)c2ccccc12. The fraction of sp³-hybridized carbons (Fsp3) is 0.0833. The summed E-state index contributed by atoms with van der Waals surface area (Å²) in [6.07, 6.45) is 0. The molecule has 23 heavy (non-hydrogen) atoms. The van der Waals surface area contributed by atoms with Crippen molar-refractivity contribution in [1.29, 1.82) is 0 Å². The number of phenols is 1. The van der Waals surface area contributed by atoms with Crippen molar-refractivity contribution in [2.75, 3.05) is 5.32 Å². The Hall–Kier alpha value is -2.21. The first kappa shape index (κ1) is 17.1. The van der Waals surface area contributed by atoms with E-state index in [1.165, 1.54) is 24.3 Å². The molecule has 0 spiro atoms. The minimum absolute atomic E-state index is 0.0415. The van der Waals surface area contributed by atoms with Crippen molar-refractivity contribution in [2.45, 2.75) is 16.7 Å². The Morgan fingerprint density at radius 2 is 1.43 bits per heavy atom. The Balaban J connectivity index is 3.22. The number of fused-ring (bicyclic) bond motifs is 1. The van der Waals surface area contributed by atoms with Crippen LogP contribution in [-0.2, 0) is 25.0 Å². The van der Waals surface area contributed by atoms with Gasteiger partial charge >= 0.3 is 0 Å². The standard InChI is InChI=1S/C12H11NO8S2/c1-6(14)13-9-7-4-2-3-5-8(7)10(15)12(23(19,20)21)11(9)22(16,17)18/h2-5,15H,1H3,(H,13,14)(H,16,17,18)(H,19,20,21). The zero-order valence-corrected chi connectivity index (χ0v) is 13.1. The number of rotatable bonds is 3. The first-order valence-corrected chi connectivity index (χ1v) is 8.83. The van der Waals surface area contributed by atoms with Crippen LogP contribution in [0.4, 0.5) is 5.69 Å². The van der Waals surface area contributed by atoms with E-state index in [0.717, 1.165) is 6.92 Å². The highest BCUT2D eigenvalue weighted by Crippen LogP contribution is 2.43. The monoisotopic (exact) mass is 361 g/mol. The Kier molecular flexibility index (Phi) is 4.07. The minimum Gasteiger partial charge on any atom is -0.506 e. The second-order valence-corrected chi connectivity index (χ2v) is 7.28. The summed E-state index contributed by atoms with van der Waals surface area (Å²) in [5.41, 5.74) is -0.568. The van der Waals surface area contributed by atoms with E-state index >= 15 is 0 Å². The van der Waals surface area contributed by atoms with Gasteiger partial charge in [0.1, 0.15) is 10.6 Å². The van der Waals surface area contributed by atoms with Crippen LogP contribution in [-0.4, -0.2) is 37.0 Å². The van der Waals surface area contributed by atoms with Gasteiger partial charge in [-0.05, 0) is 0 Å². The van der Waals surface area contributed by atoms with E-state index in [1.54, 1.807) is 0 Å². The highest BCUT2D eigenvalue weighted by Gasteiger charge is 2.34. The van der Waals surface area contributed by atoms with Crippen LogP contribution < -0.4 is 5.32 Å². The van der Waals surface area contributed by atoms with Crippen LogP contribution in [0.25, 0.3) is 10.8 Å². The molecule has 0 aliphatic carbocycles. The van der Waals surface area contributed by atoms with Crippen molar-refractivity contribution >= 4 is 42.6 Å². The fourth-order valence-corrected chi connectivity index (χ4v) is 4.23. The molecular formula is C12H11NO8S2. The summed E-state index contributed by atoms with van der Waals surface area (Å²) < 4.78 is 64.9. The highest BCUT2D eigenvalue weighted by molar-refractivity contribution is 7.89. The largest absolute Gasteiger partial charge is 0.506 e. The molecule has 0 saturated heterocycles. The summed E-state index contributed by atoms with van der Waals surface area (Å²) in [5, 5.41) is 12.0. The lowest BCUT2D eigenvalue weighted by molar-refractivity contribution is -0.114. The Labute approximate surface area is 131 Å². The van der Waals surface area contributed by atoms with Crippen LogP contribution in [0.3, 0.4) is 0 Å². The molecule has 0 aliphatic heterocycles. The molecule has 0 aliphatic rings. The summed E-state index contributed by atoms with van der Waals surface area (Å²) in [4.78, 5) is 8.59. The third-order valence-corrected chi connectivity index (χ3v) is 4.88. The molecular weight excluding hydrogens is 350 g/mol. The van der Waals surface area contributed by atoms with Crippen LogP contribution in [0, 0.1) is 0 Å². The zero-order valence-electron chi connectivity index (χ0n) is 11.5. The van der Waals surface area contributed by atoms with Gasteiger partial charge in [0.05, 0.1) is 5.69 Å². The lowest BCUT2D eigenvalue weighted by Gasteiger charge is -2.16. The molecule has 0 aromatic heterocycles. The van der Waals surface area contributed by atoms with E-state index in [1.807, 2.05) is 0 Å². The molecule has 0 unspecified atom stereocenters. The maximum absolute atomic E-state index is 11.6. The number of carbonyl (C=O) groups excluding carboxylic acids is 1. The molecule has 2 aromatic rings. The molecule has 0 bridgehead atoms. The van der Waals surface area contributed by atoms with Gasteiger partial charge in [0.15, 0.2) is 4.90 Å². The van der Waals surface area contributed by atoms with Crippen molar-refractivity contribution in [2.24, 2.45) is 0 Å². The van der Waals surface area contributed by atoms with Gasteiger partial charge in [-0.2, -0.15) is 16.8 Å². The van der Waals surface area contributed by atoms with Gasteiger partial charge in [0, 0.05) is 17.7 Å². The Morgan fingerprint density at radius 3 is 1.87 bits per heavy atom. The van der Waals surface area contributed by atoms with Crippen LogP contribution in [0.2, 0.25) is 0 Å². The number of phenolic OH excluding ortho intramolecular Hbond substituents is 1. The summed E-state index contributed by atoms with van der Waals surface area (Å²) in [5.74, 6) is -1.82. The van der Waals surface area contributed by atoms with Crippen LogP contribution in [0.5, 0.6) is 5.75 Å². The average molecular weight is 361 g/mol. The van der Waals surface area contributed by atoms with E-state index in [2.05, 4.69) is 5.32 Å². The maximum atomic E-state index is 11.6. The molecule has 1 amide bonds. The number of amides is 1. The van der Waals surface area contributed by atoms with Crippen LogP contribution in [0.15, 0.2) is 34.1 Å². The first-order valence-electron chi connectivity index (χ1n) is 5.95. The number of hydrogen-bond donors (Lipinski definition) is 4. The van der Waals surface area contributed by atoms with E-state index in [9.17, 15) is 35.8 Å². The molecule has 2 rings (SSSR count). The minimum atomic E-state index is -5.24. The molecule has 2 aromatic carbocycles. The molecule has 0 heterocycles. The van der Waals surface area contributed by atoms with Gasteiger partial charge in [0.25, 0.3) is 20.2 Å². The lowest BCUT2D eigenvalue weighted by Crippen LogP contribution is -2.16. The van der Waals surface area contributed by atoms with Gasteiger partial charge in [-0.1, -0.05) is 24.3 Å². The van der Waals surface area contributed by atoms with Gasteiger partial charge in [-0.25, -0.2) is 0 Å². The summed E-state index contributed by atoms with van der Waals surface area (Å²) in [6, 6.07) is 5.40. The second kappa shape index (κ2) is 5.45. The zero-order chi connectivity index (χ0) is 17.6. The predicted octanol–water partition coefficient (Wildman–Crippen LogP) is 0.997. The molecule has 0 saturated carbocycles. The molecule has 0 radical (unpaired) electrons. The highest BCUT2D eigenvalue weighted by atomic mass is 32.2. The molecule has 9 nitrogen and oxygen atoms in total. The smallest absolute Gasteiger partial charge is 0.299 e. The Morgan fingerprint density at radius 1 is 0.957 bits per heavy atom. The van der Waals surface area contributed by atoms with Crippen molar-refractivity contribution in [3.8, 4) is 5.75 Å². The first-order chi connectivity index (χ1) is 10.4. The van der Waals surface area contributed by atoms with E-state index in [-0.39, 0.29) is 10.8 Å². The number of hydrogen-bond acceptors (Lipinski definition) is 6. The van der Waals surface area contributed by atoms with E-state index < -0.39 is 47.4 Å². The average Bonchev–Trinajstić information content (AvgIpc) is 2.38. The summed E-state index contributed by atoms with van der Waals surface area (Å²) >= 11 is 0. The number of carbonyl (C=O) groups is 1. The fourth-order valence-electron chi connectivity index (χ4n) is 2.16. The number of anilines is 1. The van der Waals surface area contributed by atoms with Crippen LogP contribution >= 0.6 is 0 Å². The third kappa shape index (κ3) is 3.12. The van der Waals surface area contributed by atoms with Gasteiger partial charge in [-0.3, -0.25) is 13.9 Å². The number of aromatic hydroxyl groups is 1. The van der Waals surface area contributed by atoms with E-state index in [4.69, 9.17) is 0 Å². The molecule has 11 heteroatoms. The van der Waals surface area contributed by atoms with Crippen molar-refractivity contribution in [3.05, 3.63) is 24.3 Å². The molecule has 0 fully saturated rings. The second-order valence-electron chi connectivity index (χ2n) is 4.56. The number of benzene rings is 2. The van der Waals surface area contributed by atoms with Crippen LogP contribution in [0.1, 0.15) is 6.92 Å². The quantitative estimate of drug-likeness (QED) is 0.465. The van der Waals surface area contributed by atoms with Gasteiger partial charge < -0.3 is 10.4 Å². The van der Waals surface area contributed by atoms with Gasteiger partial charge in [0.2, 0.25) is 5.91 Å². The lowest BCUT2D eigenvalue weighted by atomic mass is 10.1. The predicted molar refractivity (Wildman–Crippen MR) is 79.5 cm³/mol. The Bertz CT molecular complexity index is 1020. The molecule has 4 N–H and O–H groups in total. The number of nitrogens with one attached hydrogen (secondary N) is 1. The van der Waals surface area contributed by atoms with Gasteiger partial charge in [-0.15, -0.1) is 0 Å². The third-order valence-electron chi connectivity index (χ3n) is 2.92. The van der Waals surface area contributed by atoms with Crippen molar-refractivity contribution in [1.82, 2.24) is 0 Å². The normalized spacial score (nSPS) is 12.3. The maximum Gasteiger partial charge on any atom is 0.299 e. The van der Waals surface area contributed by atoms with Crippen molar-refractivity contribution < 1.29 is 35.8 Å². The molecule has 124 valence electrons. The van der Waals surface area contributed by atoms with Crippen molar-refractivity contribution in [3.63, 3.8) is 0 Å². The molecule has 0 atom stereocenters. The summed E-state index contributed by atoms with van der Waals surface area (Å²) in [6.45, 7) is 1.03.